The summed E-state index contributed by atoms with van der Waals surface area (Å²) in [5, 5.41) is 11.2. The Kier molecular flexibility index (Phi) is 7.13. The molecule has 0 saturated carbocycles. The van der Waals surface area contributed by atoms with Crippen LogP contribution in [0.4, 0.5) is 17.5 Å². The van der Waals surface area contributed by atoms with E-state index in [1.54, 1.807) is 30.5 Å². The lowest BCUT2D eigenvalue weighted by molar-refractivity contribution is -0.141. The lowest BCUT2D eigenvalue weighted by Crippen LogP contribution is -2.37. The molecule has 1 atom stereocenters. The highest BCUT2D eigenvalue weighted by Gasteiger charge is 2.16. The van der Waals surface area contributed by atoms with E-state index in [9.17, 15) is 14.4 Å². The van der Waals surface area contributed by atoms with E-state index in [0.29, 0.717) is 29.0 Å². The van der Waals surface area contributed by atoms with Crippen LogP contribution in [-0.4, -0.2) is 56.7 Å². The zero-order valence-electron chi connectivity index (χ0n) is 17.6. The highest BCUT2D eigenvalue weighted by Crippen LogP contribution is 2.19. The van der Waals surface area contributed by atoms with Crippen LogP contribution >= 0.6 is 0 Å². The van der Waals surface area contributed by atoms with E-state index in [1.807, 2.05) is 11.9 Å². The Labute approximate surface area is 187 Å². The molecule has 6 N–H and O–H groups in total. The predicted octanol–water partition coefficient (Wildman–Crippen LogP) is 0.314. The molecular formula is C20H22N8O5. The van der Waals surface area contributed by atoms with Gasteiger partial charge in [0.15, 0.2) is 23.2 Å². The van der Waals surface area contributed by atoms with E-state index in [2.05, 4.69) is 25.3 Å². The SMILES string of the molecule is CN(Cc1cnc2nc(N)nc(N)c2n1)c1ccc(C(=O)NC(CCC(=O)O)OC=O)cc1. The van der Waals surface area contributed by atoms with Gasteiger partial charge in [-0.15, -0.1) is 0 Å². The average Bonchev–Trinajstić information content (AvgIpc) is 2.78. The second-order valence-electron chi connectivity index (χ2n) is 7.03. The molecule has 1 amide bonds. The Bertz CT molecular complexity index is 1170. The summed E-state index contributed by atoms with van der Waals surface area (Å²) in [5.74, 6) is -1.40. The van der Waals surface area contributed by atoms with E-state index in [-0.39, 0.29) is 31.1 Å². The lowest BCUT2D eigenvalue weighted by atomic mass is 10.1. The predicted molar refractivity (Wildman–Crippen MR) is 118 cm³/mol. The first-order valence-electron chi connectivity index (χ1n) is 9.74. The Morgan fingerprint density at radius 2 is 1.94 bits per heavy atom. The molecule has 172 valence electrons. The van der Waals surface area contributed by atoms with Crippen LogP contribution in [0, 0.1) is 0 Å². The number of fused-ring (bicyclic) bond motifs is 1. The monoisotopic (exact) mass is 454 g/mol. The molecule has 0 bridgehead atoms. The molecule has 3 aromatic rings. The number of carbonyl (C=O) groups is 3. The van der Waals surface area contributed by atoms with Gasteiger partial charge in [0, 0.05) is 24.7 Å². The van der Waals surface area contributed by atoms with Gasteiger partial charge in [-0.25, -0.2) is 9.97 Å². The smallest absolute Gasteiger partial charge is 0.303 e. The second-order valence-corrected chi connectivity index (χ2v) is 7.03. The van der Waals surface area contributed by atoms with Gasteiger partial charge in [-0.05, 0) is 24.3 Å². The van der Waals surface area contributed by atoms with E-state index in [0.717, 1.165) is 5.69 Å². The van der Waals surface area contributed by atoms with Gasteiger partial charge in [0.05, 0.1) is 24.9 Å². The highest BCUT2D eigenvalue weighted by atomic mass is 16.5. The van der Waals surface area contributed by atoms with Crippen LogP contribution in [-0.2, 0) is 20.9 Å². The minimum Gasteiger partial charge on any atom is -0.481 e. The standard InChI is InChI=1S/C20H22N8O5/c1-28(9-12-8-23-18-16(24-12)17(21)26-20(22)27-18)13-4-2-11(3-5-13)19(32)25-14(33-10-29)6-7-15(30)31/h2-5,8,10,14H,6-7,9H2,1H3,(H,25,32)(H,30,31)(H4,21,22,23,26,27). The van der Waals surface area contributed by atoms with Crippen LogP contribution < -0.4 is 21.7 Å². The third kappa shape index (κ3) is 6.00. The highest BCUT2D eigenvalue weighted by molar-refractivity contribution is 5.94. The average molecular weight is 454 g/mol. The summed E-state index contributed by atoms with van der Waals surface area (Å²) < 4.78 is 4.74. The molecule has 3 rings (SSSR count). The number of anilines is 3. The molecule has 1 unspecified atom stereocenters. The number of nitrogens with zero attached hydrogens (tertiary/aromatic N) is 5. The molecule has 1 aromatic carbocycles. The molecule has 0 aliphatic rings. The van der Waals surface area contributed by atoms with Crippen molar-refractivity contribution in [3.8, 4) is 0 Å². The number of nitrogen functional groups attached to an aromatic ring is 2. The molecule has 0 aliphatic carbocycles. The number of nitrogens with one attached hydrogen (secondary N) is 1. The Morgan fingerprint density at radius 3 is 2.61 bits per heavy atom. The maximum absolute atomic E-state index is 12.4. The Hall–Kier alpha value is -4.55. The van der Waals surface area contributed by atoms with Gasteiger partial charge in [0.1, 0.15) is 0 Å². The first-order valence-corrected chi connectivity index (χ1v) is 9.74. The van der Waals surface area contributed by atoms with Crippen molar-refractivity contribution >= 4 is 47.0 Å². The largest absolute Gasteiger partial charge is 0.481 e. The minimum atomic E-state index is -1.06. The van der Waals surface area contributed by atoms with Gasteiger partial charge in [-0.1, -0.05) is 0 Å². The summed E-state index contributed by atoms with van der Waals surface area (Å²) in [4.78, 5) is 52.2. The van der Waals surface area contributed by atoms with Crippen LogP contribution in [0.15, 0.2) is 30.5 Å². The first kappa shape index (κ1) is 23.1. The maximum Gasteiger partial charge on any atom is 0.303 e. The summed E-state index contributed by atoms with van der Waals surface area (Å²) in [5.41, 5.74) is 13.8. The first-order chi connectivity index (χ1) is 15.8. The van der Waals surface area contributed by atoms with Crippen LogP contribution in [0.25, 0.3) is 11.2 Å². The van der Waals surface area contributed by atoms with Crippen molar-refractivity contribution in [2.24, 2.45) is 0 Å². The molecule has 2 aromatic heterocycles. The number of aliphatic carboxylic acids is 1. The van der Waals surface area contributed by atoms with Crippen LogP contribution in [0.2, 0.25) is 0 Å². The number of ether oxygens (including phenoxy) is 1. The van der Waals surface area contributed by atoms with Gasteiger partial charge in [-0.2, -0.15) is 9.97 Å². The summed E-state index contributed by atoms with van der Waals surface area (Å²) >= 11 is 0. The Balaban J connectivity index is 1.66. The maximum atomic E-state index is 12.4. The van der Waals surface area contributed by atoms with E-state index < -0.39 is 18.1 Å². The molecular weight excluding hydrogens is 432 g/mol. The van der Waals surface area contributed by atoms with Crippen LogP contribution in [0.1, 0.15) is 28.9 Å². The summed E-state index contributed by atoms with van der Waals surface area (Å²) in [7, 11) is 1.84. The number of rotatable bonds is 10. The zero-order valence-corrected chi connectivity index (χ0v) is 17.6. The summed E-state index contributed by atoms with van der Waals surface area (Å²) in [6, 6.07) is 6.65. The molecule has 33 heavy (non-hydrogen) atoms. The number of hydrogen-bond donors (Lipinski definition) is 4. The van der Waals surface area contributed by atoms with Crippen molar-refractivity contribution < 1.29 is 24.2 Å². The lowest BCUT2D eigenvalue weighted by Gasteiger charge is -2.20. The fraction of sp³-hybridized carbons (Fsp3) is 0.250. The molecule has 0 saturated heterocycles. The van der Waals surface area contributed by atoms with Crippen molar-refractivity contribution in [1.82, 2.24) is 25.3 Å². The van der Waals surface area contributed by atoms with E-state index >= 15 is 0 Å². The third-order valence-corrected chi connectivity index (χ3v) is 4.60. The van der Waals surface area contributed by atoms with Gasteiger partial charge in [-0.3, -0.25) is 14.4 Å². The number of nitrogens with two attached hydrogens (primary N) is 2. The number of amides is 1. The number of aromatic nitrogens is 4. The number of benzene rings is 1. The second kappa shape index (κ2) is 10.2. The molecule has 0 fully saturated rings. The number of carbonyl (C=O) groups excluding carboxylic acids is 2. The van der Waals surface area contributed by atoms with Crippen LogP contribution in [0.3, 0.4) is 0 Å². The number of carboxylic acid groups (broad SMARTS) is 1. The van der Waals surface area contributed by atoms with Gasteiger partial charge < -0.3 is 31.5 Å². The van der Waals surface area contributed by atoms with Gasteiger partial charge in [0.25, 0.3) is 12.4 Å². The fourth-order valence-electron chi connectivity index (χ4n) is 2.99. The van der Waals surface area contributed by atoms with Crippen molar-refractivity contribution in [2.75, 3.05) is 23.4 Å². The normalized spacial score (nSPS) is 11.5. The molecule has 0 radical (unpaired) electrons. The van der Waals surface area contributed by atoms with E-state index in [1.165, 1.54) is 0 Å². The minimum absolute atomic E-state index is 0.0224. The van der Waals surface area contributed by atoms with Crippen LogP contribution in [0.5, 0.6) is 0 Å². The molecule has 13 nitrogen and oxygen atoms in total. The van der Waals surface area contributed by atoms with Gasteiger partial charge in [0.2, 0.25) is 5.95 Å². The topological polar surface area (TPSA) is 200 Å². The van der Waals surface area contributed by atoms with Gasteiger partial charge >= 0.3 is 5.97 Å². The van der Waals surface area contributed by atoms with Crippen molar-refractivity contribution in [1.29, 1.82) is 0 Å². The van der Waals surface area contributed by atoms with Crippen molar-refractivity contribution in [3.63, 3.8) is 0 Å². The van der Waals surface area contributed by atoms with Crippen molar-refractivity contribution in [2.45, 2.75) is 25.6 Å². The fourth-order valence-corrected chi connectivity index (χ4v) is 2.99. The molecule has 0 spiro atoms. The number of hydrogen-bond acceptors (Lipinski definition) is 11. The number of carboxylic acids is 1. The van der Waals surface area contributed by atoms with E-state index in [4.69, 9.17) is 21.3 Å². The molecule has 2 heterocycles. The summed E-state index contributed by atoms with van der Waals surface area (Å²) in [6.45, 7) is 0.554. The quantitative estimate of drug-likeness (QED) is 0.242. The molecule has 0 aliphatic heterocycles. The molecule has 13 heteroatoms. The third-order valence-electron chi connectivity index (χ3n) is 4.60. The summed E-state index contributed by atoms with van der Waals surface area (Å²) in [6.07, 6.45) is 0.226. The Morgan fingerprint density at radius 1 is 1.21 bits per heavy atom. The zero-order chi connectivity index (χ0) is 24.0. The van der Waals surface area contributed by atoms with Crippen molar-refractivity contribution in [3.05, 3.63) is 41.7 Å².